The molecule has 0 radical (unpaired) electrons. The Kier molecular flexibility index (Phi) is 4.43. The van der Waals surface area contributed by atoms with Crippen molar-refractivity contribution in [2.75, 3.05) is 0 Å². The van der Waals surface area contributed by atoms with E-state index in [1.165, 1.54) is 44.9 Å². The molecule has 0 aromatic rings. The fraction of sp³-hybridized carbons (Fsp3) is 1.00. The van der Waals surface area contributed by atoms with Crippen LogP contribution in [0.2, 0.25) is 0 Å². The van der Waals surface area contributed by atoms with Crippen molar-refractivity contribution in [1.82, 2.24) is 0 Å². The van der Waals surface area contributed by atoms with Crippen LogP contribution in [0.3, 0.4) is 0 Å². The van der Waals surface area contributed by atoms with E-state index in [9.17, 15) is 0 Å². The zero-order valence-corrected chi connectivity index (χ0v) is 10.2. The van der Waals surface area contributed by atoms with Gasteiger partial charge in [-0.15, -0.1) is 0 Å². The molecule has 1 heteroatoms. The highest BCUT2D eigenvalue weighted by Gasteiger charge is 2.37. The van der Waals surface area contributed by atoms with Crippen molar-refractivity contribution in [3.8, 4) is 0 Å². The van der Waals surface area contributed by atoms with Crippen LogP contribution >= 0.6 is 0 Å². The van der Waals surface area contributed by atoms with Crippen molar-refractivity contribution in [2.24, 2.45) is 17.1 Å². The minimum atomic E-state index is 0.457. The van der Waals surface area contributed by atoms with Gasteiger partial charge in [0.1, 0.15) is 0 Å². The smallest absolute Gasteiger partial charge is 0.00722 e. The number of nitrogens with two attached hydrogens (primary N) is 1. The molecule has 0 aromatic heterocycles. The molecule has 2 unspecified atom stereocenters. The molecule has 0 heterocycles. The monoisotopic (exact) mass is 197 g/mol. The largest absolute Gasteiger partial charge is 0.327 e. The summed E-state index contributed by atoms with van der Waals surface area (Å²) in [7, 11) is 0. The molecule has 1 fully saturated rings. The molecule has 0 bridgehead atoms. The lowest BCUT2D eigenvalue weighted by Gasteiger charge is -2.32. The van der Waals surface area contributed by atoms with E-state index in [4.69, 9.17) is 5.73 Å². The average Bonchev–Trinajstić information content (AvgIpc) is 2.45. The maximum absolute atomic E-state index is 6.30. The summed E-state index contributed by atoms with van der Waals surface area (Å²) in [5.41, 5.74) is 6.80. The minimum Gasteiger partial charge on any atom is -0.327 e. The van der Waals surface area contributed by atoms with E-state index < -0.39 is 0 Å². The van der Waals surface area contributed by atoms with Gasteiger partial charge < -0.3 is 5.73 Å². The Labute approximate surface area is 89.5 Å². The van der Waals surface area contributed by atoms with Gasteiger partial charge in [0.2, 0.25) is 0 Å². The summed E-state index contributed by atoms with van der Waals surface area (Å²) in [4.78, 5) is 0. The van der Waals surface area contributed by atoms with Crippen LogP contribution in [0.15, 0.2) is 0 Å². The molecule has 14 heavy (non-hydrogen) atoms. The Balaban J connectivity index is 2.32. The molecular formula is C13H27N. The first-order valence-corrected chi connectivity index (χ1v) is 6.33. The molecule has 1 aliphatic rings. The summed E-state index contributed by atoms with van der Waals surface area (Å²) in [5, 5.41) is 0. The third-order valence-corrected chi connectivity index (χ3v) is 4.00. The molecule has 1 rings (SSSR count). The molecule has 2 atom stereocenters. The minimum absolute atomic E-state index is 0.457. The Morgan fingerprint density at radius 2 is 2.07 bits per heavy atom. The first kappa shape index (κ1) is 12.0. The highest BCUT2D eigenvalue weighted by atomic mass is 14.7. The van der Waals surface area contributed by atoms with Crippen LogP contribution in [0.25, 0.3) is 0 Å². The topological polar surface area (TPSA) is 26.0 Å². The zero-order valence-electron chi connectivity index (χ0n) is 10.2. The number of hydrogen-bond donors (Lipinski definition) is 1. The predicted octanol–water partition coefficient (Wildman–Crippen LogP) is 3.72. The van der Waals surface area contributed by atoms with E-state index in [0.717, 1.165) is 5.92 Å². The molecular weight excluding hydrogens is 170 g/mol. The van der Waals surface area contributed by atoms with Crippen LogP contribution in [0, 0.1) is 11.3 Å². The molecule has 0 aromatic carbocycles. The predicted molar refractivity (Wildman–Crippen MR) is 63.2 cm³/mol. The molecule has 0 saturated heterocycles. The average molecular weight is 197 g/mol. The third-order valence-electron chi connectivity index (χ3n) is 4.00. The standard InChI is InChI=1S/C13H27N/c1-4-5-6-9-12(14)11-8-7-10-13(11,2)3/h11-12H,4-10,14H2,1-3H3. The van der Waals surface area contributed by atoms with Gasteiger partial charge >= 0.3 is 0 Å². The summed E-state index contributed by atoms with van der Waals surface area (Å²) < 4.78 is 0. The van der Waals surface area contributed by atoms with Gasteiger partial charge in [0.05, 0.1) is 0 Å². The van der Waals surface area contributed by atoms with Gasteiger partial charge in [-0.25, -0.2) is 0 Å². The van der Waals surface area contributed by atoms with Gasteiger partial charge in [-0.1, -0.05) is 46.5 Å². The Bertz CT molecular complexity index is 163. The lowest BCUT2D eigenvalue weighted by Crippen LogP contribution is -2.36. The van der Waals surface area contributed by atoms with Gasteiger partial charge in [0.15, 0.2) is 0 Å². The molecule has 0 amide bonds. The first-order valence-electron chi connectivity index (χ1n) is 6.33. The fourth-order valence-electron chi connectivity index (χ4n) is 2.98. The second-order valence-corrected chi connectivity index (χ2v) is 5.65. The molecule has 0 spiro atoms. The van der Waals surface area contributed by atoms with Gasteiger partial charge in [-0.3, -0.25) is 0 Å². The Morgan fingerprint density at radius 1 is 1.36 bits per heavy atom. The van der Waals surface area contributed by atoms with E-state index in [1.54, 1.807) is 0 Å². The summed E-state index contributed by atoms with van der Waals surface area (Å²) in [6.45, 7) is 7.04. The van der Waals surface area contributed by atoms with E-state index in [-0.39, 0.29) is 0 Å². The van der Waals surface area contributed by atoms with Gasteiger partial charge in [0.25, 0.3) is 0 Å². The van der Waals surface area contributed by atoms with Crippen LogP contribution in [0.4, 0.5) is 0 Å². The Morgan fingerprint density at radius 3 is 2.57 bits per heavy atom. The Hall–Kier alpha value is -0.0400. The lowest BCUT2D eigenvalue weighted by molar-refractivity contribution is 0.212. The highest BCUT2D eigenvalue weighted by Crippen LogP contribution is 2.44. The summed E-state index contributed by atoms with van der Waals surface area (Å²) in [5.74, 6) is 0.777. The summed E-state index contributed by atoms with van der Waals surface area (Å²) in [6.07, 6.45) is 9.34. The van der Waals surface area contributed by atoms with Crippen molar-refractivity contribution in [3.63, 3.8) is 0 Å². The van der Waals surface area contributed by atoms with Crippen molar-refractivity contribution < 1.29 is 0 Å². The van der Waals surface area contributed by atoms with Gasteiger partial charge in [-0.2, -0.15) is 0 Å². The van der Waals surface area contributed by atoms with E-state index in [1.807, 2.05) is 0 Å². The fourth-order valence-corrected chi connectivity index (χ4v) is 2.98. The van der Waals surface area contributed by atoms with Crippen molar-refractivity contribution in [1.29, 1.82) is 0 Å². The number of hydrogen-bond acceptors (Lipinski definition) is 1. The quantitative estimate of drug-likeness (QED) is 0.668. The van der Waals surface area contributed by atoms with E-state index in [0.29, 0.717) is 11.5 Å². The molecule has 1 saturated carbocycles. The maximum Gasteiger partial charge on any atom is 0.00722 e. The van der Waals surface area contributed by atoms with Crippen LogP contribution < -0.4 is 5.73 Å². The van der Waals surface area contributed by atoms with Gasteiger partial charge in [-0.05, 0) is 30.6 Å². The van der Waals surface area contributed by atoms with E-state index in [2.05, 4.69) is 20.8 Å². The molecule has 1 aliphatic carbocycles. The molecule has 2 N–H and O–H groups in total. The van der Waals surface area contributed by atoms with Crippen LogP contribution in [0.5, 0.6) is 0 Å². The zero-order chi connectivity index (χ0) is 10.6. The van der Waals surface area contributed by atoms with Crippen molar-refractivity contribution in [2.45, 2.75) is 71.8 Å². The van der Waals surface area contributed by atoms with Gasteiger partial charge in [0, 0.05) is 6.04 Å². The van der Waals surface area contributed by atoms with Crippen LogP contribution in [-0.4, -0.2) is 6.04 Å². The second-order valence-electron chi connectivity index (χ2n) is 5.65. The maximum atomic E-state index is 6.30. The molecule has 1 nitrogen and oxygen atoms in total. The SMILES string of the molecule is CCCCCC(N)C1CCCC1(C)C. The van der Waals surface area contributed by atoms with E-state index >= 15 is 0 Å². The summed E-state index contributed by atoms with van der Waals surface area (Å²) in [6, 6.07) is 0.457. The van der Waals surface area contributed by atoms with Crippen molar-refractivity contribution in [3.05, 3.63) is 0 Å². The first-order chi connectivity index (χ1) is 6.58. The van der Waals surface area contributed by atoms with Crippen LogP contribution in [-0.2, 0) is 0 Å². The third kappa shape index (κ3) is 2.98. The molecule has 84 valence electrons. The number of unbranched alkanes of at least 4 members (excludes halogenated alkanes) is 2. The van der Waals surface area contributed by atoms with Crippen molar-refractivity contribution >= 4 is 0 Å². The highest BCUT2D eigenvalue weighted by molar-refractivity contribution is 4.90. The van der Waals surface area contributed by atoms with Crippen LogP contribution in [0.1, 0.15) is 65.7 Å². The second kappa shape index (κ2) is 5.16. The molecule has 0 aliphatic heterocycles. The summed E-state index contributed by atoms with van der Waals surface area (Å²) >= 11 is 0. The lowest BCUT2D eigenvalue weighted by atomic mass is 9.76. The normalized spacial score (nSPS) is 27.9. The number of rotatable bonds is 5.